The molecule has 2 aromatic rings. The number of amides is 1. The number of hydrogen-bond acceptors (Lipinski definition) is 5. The molecule has 0 radical (unpaired) electrons. The lowest BCUT2D eigenvalue weighted by Gasteiger charge is -2.17. The Bertz CT molecular complexity index is 556. The van der Waals surface area contributed by atoms with Crippen LogP contribution in [0.4, 0.5) is 5.82 Å². The summed E-state index contributed by atoms with van der Waals surface area (Å²) >= 11 is 0. The molecule has 0 bridgehead atoms. The second kappa shape index (κ2) is 6.63. The van der Waals surface area contributed by atoms with Gasteiger partial charge in [-0.15, -0.1) is 10.2 Å². The van der Waals surface area contributed by atoms with E-state index in [1.54, 1.807) is 12.1 Å². The summed E-state index contributed by atoms with van der Waals surface area (Å²) in [6.45, 7) is 2.02. The lowest BCUT2D eigenvalue weighted by Crippen LogP contribution is -2.29. The van der Waals surface area contributed by atoms with Crippen molar-refractivity contribution in [1.29, 1.82) is 0 Å². The molecule has 104 valence electrons. The minimum Gasteiger partial charge on any atom is -0.344 e. The first-order valence-corrected chi connectivity index (χ1v) is 6.40. The summed E-state index contributed by atoms with van der Waals surface area (Å²) in [6.07, 6.45) is 0.797. The quantitative estimate of drug-likeness (QED) is 0.568. The SMILES string of the molecule is CCC(NC(=O)c1ccc(NN)nn1)c1ccccc1. The van der Waals surface area contributed by atoms with E-state index in [0.717, 1.165) is 12.0 Å². The zero-order chi connectivity index (χ0) is 14.4. The Kier molecular flexibility index (Phi) is 4.62. The molecule has 1 heterocycles. The Morgan fingerprint density at radius 1 is 1.20 bits per heavy atom. The van der Waals surface area contributed by atoms with Gasteiger partial charge in [-0.1, -0.05) is 37.3 Å². The largest absolute Gasteiger partial charge is 0.344 e. The number of hydrazine groups is 1. The number of carbonyl (C=O) groups is 1. The molecule has 0 aliphatic carbocycles. The van der Waals surface area contributed by atoms with Crippen LogP contribution < -0.4 is 16.6 Å². The van der Waals surface area contributed by atoms with Crippen LogP contribution in [0.15, 0.2) is 42.5 Å². The number of nitrogens with two attached hydrogens (primary N) is 1. The number of rotatable bonds is 5. The molecule has 1 atom stereocenters. The number of hydrogen-bond donors (Lipinski definition) is 3. The van der Waals surface area contributed by atoms with E-state index in [1.165, 1.54) is 0 Å². The van der Waals surface area contributed by atoms with Crippen LogP contribution in [0.5, 0.6) is 0 Å². The summed E-state index contributed by atoms with van der Waals surface area (Å²) in [5.41, 5.74) is 3.69. The Labute approximate surface area is 117 Å². The van der Waals surface area contributed by atoms with Gasteiger partial charge < -0.3 is 10.7 Å². The zero-order valence-corrected chi connectivity index (χ0v) is 11.2. The molecule has 6 nitrogen and oxygen atoms in total. The average molecular weight is 271 g/mol. The van der Waals surface area contributed by atoms with Crippen LogP contribution in [0.1, 0.15) is 35.4 Å². The van der Waals surface area contributed by atoms with Crippen LogP contribution in [0.2, 0.25) is 0 Å². The van der Waals surface area contributed by atoms with Crippen molar-refractivity contribution in [2.45, 2.75) is 19.4 Å². The van der Waals surface area contributed by atoms with Gasteiger partial charge in [0.05, 0.1) is 6.04 Å². The van der Waals surface area contributed by atoms with Gasteiger partial charge in [0.2, 0.25) is 0 Å². The Hall–Kier alpha value is -2.47. The predicted molar refractivity (Wildman–Crippen MR) is 76.8 cm³/mol. The fourth-order valence-corrected chi connectivity index (χ4v) is 1.87. The Balaban J connectivity index is 2.09. The third-order valence-corrected chi connectivity index (χ3v) is 2.96. The molecule has 1 aromatic heterocycles. The topological polar surface area (TPSA) is 92.9 Å². The average Bonchev–Trinajstić information content (AvgIpc) is 2.53. The lowest BCUT2D eigenvalue weighted by molar-refractivity contribution is 0.0929. The van der Waals surface area contributed by atoms with Gasteiger partial charge in [0.1, 0.15) is 0 Å². The molecule has 4 N–H and O–H groups in total. The number of nitrogens with one attached hydrogen (secondary N) is 2. The Morgan fingerprint density at radius 2 is 1.95 bits per heavy atom. The fraction of sp³-hybridized carbons (Fsp3) is 0.214. The number of aromatic nitrogens is 2. The highest BCUT2D eigenvalue weighted by Gasteiger charge is 2.15. The van der Waals surface area contributed by atoms with E-state index >= 15 is 0 Å². The second-order valence-electron chi connectivity index (χ2n) is 4.29. The van der Waals surface area contributed by atoms with Crippen LogP contribution in [-0.4, -0.2) is 16.1 Å². The summed E-state index contributed by atoms with van der Waals surface area (Å²) in [5, 5.41) is 10.5. The van der Waals surface area contributed by atoms with Gasteiger partial charge in [-0.05, 0) is 24.1 Å². The third-order valence-electron chi connectivity index (χ3n) is 2.96. The molecule has 0 saturated heterocycles. The van der Waals surface area contributed by atoms with Crippen molar-refractivity contribution in [3.05, 3.63) is 53.7 Å². The number of nitrogen functional groups attached to an aromatic ring is 1. The van der Waals surface area contributed by atoms with Crippen LogP contribution in [-0.2, 0) is 0 Å². The molecule has 0 saturated carbocycles. The van der Waals surface area contributed by atoms with Crippen LogP contribution in [0.25, 0.3) is 0 Å². The molecule has 0 aliphatic rings. The molecule has 0 fully saturated rings. The molecule has 1 unspecified atom stereocenters. The minimum absolute atomic E-state index is 0.0437. The Morgan fingerprint density at radius 3 is 2.50 bits per heavy atom. The van der Waals surface area contributed by atoms with Gasteiger partial charge in [-0.2, -0.15) is 0 Å². The molecular weight excluding hydrogens is 254 g/mol. The van der Waals surface area contributed by atoms with Crippen molar-refractivity contribution in [1.82, 2.24) is 15.5 Å². The van der Waals surface area contributed by atoms with Crippen LogP contribution >= 0.6 is 0 Å². The number of carbonyl (C=O) groups excluding carboxylic acids is 1. The molecule has 1 amide bonds. The second-order valence-corrected chi connectivity index (χ2v) is 4.29. The van der Waals surface area contributed by atoms with Crippen molar-refractivity contribution in [2.75, 3.05) is 5.43 Å². The maximum absolute atomic E-state index is 12.1. The van der Waals surface area contributed by atoms with E-state index in [-0.39, 0.29) is 17.6 Å². The van der Waals surface area contributed by atoms with Gasteiger partial charge in [0, 0.05) is 0 Å². The smallest absolute Gasteiger partial charge is 0.272 e. The van der Waals surface area contributed by atoms with Gasteiger partial charge in [0.15, 0.2) is 11.5 Å². The maximum atomic E-state index is 12.1. The van der Waals surface area contributed by atoms with Gasteiger partial charge >= 0.3 is 0 Å². The number of nitrogens with zero attached hydrogens (tertiary/aromatic N) is 2. The van der Waals surface area contributed by atoms with Crippen molar-refractivity contribution >= 4 is 11.7 Å². The van der Waals surface area contributed by atoms with Crippen molar-refractivity contribution in [2.24, 2.45) is 5.84 Å². The molecular formula is C14H17N5O. The highest BCUT2D eigenvalue weighted by atomic mass is 16.2. The third kappa shape index (κ3) is 3.30. The molecule has 2 rings (SSSR count). The fourth-order valence-electron chi connectivity index (χ4n) is 1.87. The number of anilines is 1. The highest BCUT2D eigenvalue weighted by molar-refractivity contribution is 5.92. The summed E-state index contributed by atoms with van der Waals surface area (Å²) in [4.78, 5) is 12.1. The highest BCUT2D eigenvalue weighted by Crippen LogP contribution is 2.16. The van der Waals surface area contributed by atoms with Crippen molar-refractivity contribution in [3.63, 3.8) is 0 Å². The van der Waals surface area contributed by atoms with E-state index in [1.807, 2.05) is 37.3 Å². The zero-order valence-electron chi connectivity index (χ0n) is 11.2. The first-order valence-electron chi connectivity index (χ1n) is 6.40. The summed E-state index contributed by atoms with van der Waals surface area (Å²) in [7, 11) is 0. The van der Waals surface area contributed by atoms with E-state index in [4.69, 9.17) is 5.84 Å². The summed E-state index contributed by atoms with van der Waals surface area (Å²) in [5.74, 6) is 5.36. The summed E-state index contributed by atoms with van der Waals surface area (Å²) in [6, 6.07) is 13.0. The van der Waals surface area contributed by atoms with E-state index in [9.17, 15) is 4.79 Å². The normalized spacial score (nSPS) is 11.7. The maximum Gasteiger partial charge on any atom is 0.272 e. The first-order chi connectivity index (χ1) is 9.74. The standard InChI is InChI=1S/C14H17N5O/c1-2-11(10-6-4-3-5-7-10)16-14(20)12-8-9-13(17-15)19-18-12/h3-9,11H,2,15H2,1H3,(H,16,20)(H,17,19). The molecule has 1 aromatic carbocycles. The van der Waals surface area contributed by atoms with E-state index < -0.39 is 0 Å². The van der Waals surface area contributed by atoms with Gasteiger partial charge in [0.25, 0.3) is 5.91 Å². The molecule has 6 heteroatoms. The minimum atomic E-state index is -0.253. The molecule has 20 heavy (non-hydrogen) atoms. The lowest BCUT2D eigenvalue weighted by atomic mass is 10.0. The van der Waals surface area contributed by atoms with E-state index in [0.29, 0.717) is 5.82 Å². The molecule has 0 aliphatic heterocycles. The van der Waals surface area contributed by atoms with E-state index in [2.05, 4.69) is 20.9 Å². The first kappa shape index (κ1) is 14.0. The predicted octanol–water partition coefficient (Wildman–Crippen LogP) is 1.64. The molecule has 0 spiro atoms. The van der Waals surface area contributed by atoms with Crippen molar-refractivity contribution in [3.8, 4) is 0 Å². The van der Waals surface area contributed by atoms with Gasteiger partial charge in [-0.3, -0.25) is 4.79 Å². The van der Waals surface area contributed by atoms with Gasteiger partial charge in [-0.25, -0.2) is 5.84 Å². The summed E-state index contributed by atoms with van der Waals surface area (Å²) < 4.78 is 0. The van der Waals surface area contributed by atoms with Crippen molar-refractivity contribution < 1.29 is 4.79 Å². The monoisotopic (exact) mass is 271 g/mol. The number of benzene rings is 1. The van der Waals surface area contributed by atoms with Crippen LogP contribution in [0.3, 0.4) is 0 Å². The van der Waals surface area contributed by atoms with Crippen LogP contribution in [0, 0.1) is 0 Å².